The molecule has 0 radical (unpaired) electrons. The first-order valence-corrected chi connectivity index (χ1v) is 11.4. The standard InChI is InChI=1S/C22H32N2O2S/c1-24(18-11-3-2-4-12-18)21(25)16-27-20-14-8-7-13-19(20)22(26)23-15-17-9-5-6-10-17/h7-8,13-14,17-18H,2-6,9-12,15-16H2,1H3,(H,23,26). The Bertz CT molecular complexity index is 637. The van der Waals surface area contributed by atoms with E-state index >= 15 is 0 Å². The number of nitrogens with zero attached hydrogens (tertiary/aromatic N) is 1. The fourth-order valence-electron chi connectivity index (χ4n) is 4.24. The molecule has 1 N–H and O–H groups in total. The van der Waals surface area contributed by atoms with Crippen LogP contribution in [-0.4, -0.2) is 42.1 Å². The summed E-state index contributed by atoms with van der Waals surface area (Å²) in [6.45, 7) is 0.765. The molecule has 0 atom stereocenters. The minimum Gasteiger partial charge on any atom is -0.352 e. The summed E-state index contributed by atoms with van der Waals surface area (Å²) >= 11 is 1.48. The molecular formula is C22H32N2O2S. The van der Waals surface area contributed by atoms with Gasteiger partial charge in [-0.2, -0.15) is 0 Å². The average molecular weight is 389 g/mol. The van der Waals surface area contributed by atoms with Crippen LogP contribution in [0.4, 0.5) is 0 Å². The Morgan fingerprint density at radius 1 is 1.04 bits per heavy atom. The monoisotopic (exact) mass is 388 g/mol. The van der Waals surface area contributed by atoms with Crippen LogP contribution in [0.3, 0.4) is 0 Å². The zero-order valence-corrected chi connectivity index (χ0v) is 17.2. The maximum atomic E-state index is 12.6. The van der Waals surface area contributed by atoms with Gasteiger partial charge in [0.15, 0.2) is 0 Å². The normalized spacial score (nSPS) is 18.4. The summed E-state index contributed by atoms with van der Waals surface area (Å²) in [6.07, 6.45) is 11.0. The van der Waals surface area contributed by atoms with Gasteiger partial charge >= 0.3 is 0 Å². The van der Waals surface area contributed by atoms with Gasteiger partial charge in [-0.05, 0) is 43.7 Å². The molecule has 3 rings (SSSR count). The molecule has 0 spiro atoms. The molecule has 1 aromatic carbocycles. The number of hydrogen-bond donors (Lipinski definition) is 1. The summed E-state index contributed by atoms with van der Waals surface area (Å²) in [4.78, 5) is 28.1. The number of nitrogens with one attached hydrogen (secondary N) is 1. The van der Waals surface area contributed by atoms with Crippen molar-refractivity contribution in [1.29, 1.82) is 0 Å². The molecule has 0 unspecified atom stereocenters. The van der Waals surface area contributed by atoms with Crippen LogP contribution in [0.25, 0.3) is 0 Å². The predicted molar refractivity (Wildman–Crippen MR) is 111 cm³/mol. The number of rotatable bonds is 7. The summed E-state index contributed by atoms with van der Waals surface area (Å²) < 4.78 is 0. The van der Waals surface area contributed by atoms with Crippen molar-refractivity contribution in [1.82, 2.24) is 10.2 Å². The Morgan fingerprint density at radius 2 is 1.70 bits per heavy atom. The third kappa shape index (κ3) is 5.74. The predicted octanol–water partition coefficient (Wildman–Crippen LogP) is 4.49. The van der Waals surface area contributed by atoms with Crippen LogP contribution in [0.1, 0.15) is 68.1 Å². The van der Waals surface area contributed by atoms with Gasteiger partial charge in [-0.3, -0.25) is 9.59 Å². The molecule has 2 saturated carbocycles. The fourth-order valence-corrected chi connectivity index (χ4v) is 5.21. The van der Waals surface area contributed by atoms with Crippen molar-refractivity contribution in [3.8, 4) is 0 Å². The minimum atomic E-state index is -0.0157. The molecule has 0 aromatic heterocycles. The summed E-state index contributed by atoms with van der Waals surface area (Å²) in [7, 11) is 1.93. The first kappa shape index (κ1) is 20.2. The molecule has 4 nitrogen and oxygen atoms in total. The lowest BCUT2D eigenvalue weighted by atomic mass is 9.94. The van der Waals surface area contributed by atoms with Gasteiger partial charge in [-0.1, -0.05) is 44.2 Å². The minimum absolute atomic E-state index is 0.0157. The lowest BCUT2D eigenvalue weighted by molar-refractivity contribution is -0.129. The van der Waals surface area contributed by atoms with Gasteiger partial charge in [0, 0.05) is 24.5 Å². The lowest BCUT2D eigenvalue weighted by Crippen LogP contribution is -2.39. The van der Waals surface area contributed by atoms with E-state index in [0.29, 0.717) is 23.3 Å². The van der Waals surface area contributed by atoms with E-state index in [1.165, 1.54) is 56.7 Å². The van der Waals surface area contributed by atoms with E-state index < -0.39 is 0 Å². The number of amides is 2. The quantitative estimate of drug-likeness (QED) is 0.700. The molecule has 2 aliphatic carbocycles. The van der Waals surface area contributed by atoms with E-state index in [9.17, 15) is 9.59 Å². The van der Waals surface area contributed by atoms with Crippen LogP contribution in [0, 0.1) is 5.92 Å². The molecule has 148 valence electrons. The lowest BCUT2D eigenvalue weighted by Gasteiger charge is -2.31. The summed E-state index contributed by atoms with van der Waals surface area (Å²) in [5, 5.41) is 3.10. The van der Waals surface area contributed by atoms with E-state index in [0.717, 1.165) is 24.3 Å². The van der Waals surface area contributed by atoms with Gasteiger partial charge < -0.3 is 10.2 Å². The van der Waals surface area contributed by atoms with E-state index in [1.54, 1.807) is 0 Å². The van der Waals surface area contributed by atoms with Crippen molar-refractivity contribution in [3.05, 3.63) is 29.8 Å². The third-order valence-electron chi connectivity index (χ3n) is 6.02. The van der Waals surface area contributed by atoms with Crippen LogP contribution in [0.5, 0.6) is 0 Å². The largest absolute Gasteiger partial charge is 0.352 e. The number of carbonyl (C=O) groups excluding carboxylic acids is 2. The van der Waals surface area contributed by atoms with Crippen molar-refractivity contribution < 1.29 is 9.59 Å². The highest BCUT2D eigenvalue weighted by atomic mass is 32.2. The van der Waals surface area contributed by atoms with Crippen molar-refractivity contribution in [2.75, 3.05) is 19.3 Å². The Balaban J connectivity index is 1.53. The maximum absolute atomic E-state index is 12.6. The SMILES string of the molecule is CN(C(=O)CSc1ccccc1C(=O)NCC1CCCC1)C1CCCCC1. The van der Waals surface area contributed by atoms with Crippen molar-refractivity contribution in [2.45, 2.75) is 68.7 Å². The van der Waals surface area contributed by atoms with Gasteiger partial charge in [0.1, 0.15) is 0 Å². The van der Waals surface area contributed by atoms with Gasteiger partial charge in [-0.25, -0.2) is 0 Å². The highest BCUT2D eigenvalue weighted by Gasteiger charge is 2.23. The molecular weight excluding hydrogens is 356 g/mol. The number of thioether (sulfide) groups is 1. The number of hydrogen-bond acceptors (Lipinski definition) is 3. The van der Waals surface area contributed by atoms with E-state index in [-0.39, 0.29) is 11.8 Å². The van der Waals surface area contributed by atoms with Gasteiger partial charge in [-0.15, -0.1) is 11.8 Å². The maximum Gasteiger partial charge on any atom is 0.252 e. The van der Waals surface area contributed by atoms with E-state index in [2.05, 4.69) is 5.32 Å². The molecule has 0 saturated heterocycles. The zero-order valence-electron chi connectivity index (χ0n) is 16.4. The summed E-state index contributed by atoms with van der Waals surface area (Å²) in [6, 6.07) is 8.03. The second-order valence-electron chi connectivity index (χ2n) is 7.94. The molecule has 0 heterocycles. The van der Waals surface area contributed by atoms with Crippen LogP contribution >= 0.6 is 11.8 Å². The zero-order chi connectivity index (χ0) is 19.1. The van der Waals surface area contributed by atoms with Crippen LogP contribution in [0.15, 0.2) is 29.2 Å². The Labute approximate surface area is 167 Å². The Kier molecular flexibility index (Phi) is 7.62. The molecule has 2 fully saturated rings. The van der Waals surface area contributed by atoms with Crippen LogP contribution in [0.2, 0.25) is 0 Å². The highest BCUT2D eigenvalue weighted by Crippen LogP contribution is 2.27. The smallest absolute Gasteiger partial charge is 0.252 e. The van der Waals surface area contributed by atoms with Gasteiger partial charge in [0.05, 0.1) is 11.3 Å². The van der Waals surface area contributed by atoms with Gasteiger partial charge in [0.2, 0.25) is 5.91 Å². The molecule has 5 heteroatoms. The number of benzene rings is 1. The second kappa shape index (κ2) is 10.2. The molecule has 2 aliphatic rings. The van der Waals surface area contributed by atoms with Crippen molar-refractivity contribution in [2.24, 2.45) is 5.92 Å². The van der Waals surface area contributed by atoms with Crippen molar-refractivity contribution in [3.63, 3.8) is 0 Å². The van der Waals surface area contributed by atoms with Crippen LogP contribution < -0.4 is 5.32 Å². The molecule has 27 heavy (non-hydrogen) atoms. The summed E-state index contributed by atoms with van der Waals surface area (Å²) in [5.41, 5.74) is 0.689. The highest BCUT2D eigenvalue weighted by molar-refractivity contribution is 8.00. The Hall–Kier alpha value is -1.49. The molecule has 0 bridgehead atoms. The van der Waals surface area contributed by atoms with E-state index in [1.807, 2.05) is 36.2 Å². The average Bonchev–Trinajstić information content (AvgIpc) is 3.24. The topological polar surface area (TPSA) is 49.4 Å². The number of carbonyl (C=O) groups is 2. The van der Waals surface area contributed by atoms with Crippen molar-refractivity contribution >= 4 is 23.6 Å². The molecule has 0 aliphatic heterocycles. The Morgan fingerprint density at radius 3 is 2.44 bits per heavy atom. The van der Waals surface area contributed by atoms with Crippen LogP contribution in [-0.2, 0) is 4.79 Å². The second-order valence-corrected chi connectivity index (χ2v) is 8.96. The molecule has 1 aromatic rings. The first-order chi connectivity index (χ1) is 13.1. The molecule has 2 amide bonds. The first-order valence-electron chi connectivity index (χ1n) is 10.4. The fraction of sp³-hybridized carbons (Fsp3) is 0.636. The van der Waals surface area contributed by atoms with Gasteiger partial charge in [0.25, 0.3) is 5.91 Å². The van der Waals surface area contributed by atoms with E-state index in [4.69, 9.17) is 0 Å². The summed E-state index contributed by atoms with van der Waals surface area (Å²) in [5.74, 6) is 1.16. The third-order valence-corrected chi connectivity index (χ3v) is 7.08.